The van der Waals surface area contributed by atoms with Gasteiger partial charge in [0.15, 0.2) is 0 Å². The third-order valence-corrected chi connectivity index (χ3v) is 4.50. The van der Waals surface area contributed by atoms with Gasteiger partial charge in [0, 0.05) is 11.6 Å². The molecule has 3 heteroatoms. The summed E-state index contributed by atoms with van der Waals surface area (Å²) in [5.74, 6) is 1.74. The van der Waals surface area contributed by atoms with E-state index in [1.54, 1.807) is 19.2 Å². The molecule has 19 heavy (non-hydrogen) atoms. The normalized spacial score (nSPS) is 26.6. The van der Waals surface area contributed by atoms with Gasteiger partial charge in [0.05, 0.1) is 7.11 Å². The minimum Gasteiger partial charge on any atom is -0.496 e. The van der Waals surface area contributed by atoms with Crippen LogP contribution >= 0.6 is 0 Å². The van der Waals surface area contributed by atoms with Gasteiger partial charge in [-0.25, -0.2) is 4.39 Å². The lowest BCUT2D eigenvalue weighted by molar-refractivity contribution is 0.387. The lowest BCUT2D eigenvalue weighted by Crippen LogP contribution is -2.26. The highest BCUT2D eigenvalue weighted by molar-refractivity contribution is 5.37. The number of nitrogens with one attached hydrogen (secondary N) is 1. The van der Waals surface area contributed by atoms with Gasteiger partial charge < -0.3 is 10.1 Å². The van der Waals surface area contributed by atoms with E-state index in [4.69, 9.17) is 4.74 Å². The zero-order valence-electron chi connectivity index (χ0n) is 11.5. The van der Waals surface area contributed by atoms with Crippen LogP contribution in [0.25, 0.3) is 0 Å². The zero-order valence-corrected chi connectivity index (χ0v) is 11.5. The first-order chi connectivity index (χ1) is 9.28. The van der Waals surface area contributed by atoms with Crippen LogP contribution in [0, 0.1) is 11.7 Å². The van der Waals surface area contributed by atoms with E-state index in [-0.39, 0.29) is 5.82 Å². The number of benzene rings is 1. The van der Waals surface area contributed by atoms with Crippen LogP contribution in [0.1, 0.15) is 43.6 Å². The molecule has 0 bridgehead atoms. The Morgan fingerprint density at radius 1 is 1.26 bits per heavy atom. The van der Waals surface area contributed by atoms with Crippen LogP contribution in [0.4, 0.5) is 4.39 Å². The number of hydrogen-bond acceptors (Lipinski definition) is 2. The van der Waals surface area contributed by atoms with Crippen LogP contribution in [0.5, 0.6) is 5.75 Å². The molecule has 2 atom stereocenters. The maximum atomic E-state index is 13.5. The predicted molar refractivity (Wildman–Crippen MR) is 74.1 cm³/mol. The molecular formula is C16H22FNO. The fourth-order valence-electron chi connectivity index (χ4n) is 3.29. The van der Waals surface area contributed by atoms with E-state index >= 15 is 0 Å². The molecule has 0 aromatic heterocycles. The Morgan fingerprint density at radius 3 is 2.84 bits per heavy atom. The Bertz CT molecular complexity index is 444. The van der Waals surface area contributed by atoms with Gasteiger partial charge in [-0.05, 0) is 62.3 Å². The van der Waals surface area contributed by atoms with Crippen molar-refractivity contribution in [3.63, 3.8) is 0 Å². The highest BCUT2D eigenvalue weighted by atomic mass is 19.1. The second-order valence-electron chi connectivity index (χ2n) is 5.87. The van der Waals surface area contributed by atoms with E-state index < -0.39 is 0 Å². The Morgan fingerprint density at radius 2 is 2.11 bits per heavy atom. The molecule has 0 spiro atoms. The van der Waals surface area contributed by atoms with Crippen LogP contribution in [-0.2, 0) is 0 Å². The first-order valence-electron chi connectivity index (χ1n) is 7.34. The summed E-state index contributed by atoms with van der Waals surface area (Å²) in [6, 6.07) is 5.65. The summed E-state index contributed by atoms with van der Waals surface area (Å²) in [6.07, 6.45) is 6.27. The van der Waals surface area contributed by atoms with Crippen LogP contribution in [0.15, 0.2) is 18.2 Å². The Balaban J connectivity index is 1.76. The van der Waals surface area contributed by atoms with Crippen molar-refractivity contribution in [3.05, 3.63) is 29.6 Å². The molecule has 2 unspecified atom stereocenters. The molecule has 1 aromatic rings. The molecule has 2 aliphatic rings. The van der Waals surface area contributed by atoms with Crippen LogP contribution in [0.3, 0.4) is 0 Å². The highest BCUT2D eigenvalue weighted by Gasteiger charge is 2.32. The minimum atomic E-state index is -0.156. The molecule has 0 radical (unpaired) electrons. The third kappa shape index (κ3) is 2.92. The average molecular weight is 263 g/mol. The van der Waals surface area contributed by atoms with Crippen molar-refractivity contribution in [1.29, 1.82) is 0 Å². The van der Waals surface area contributed by atoms with Gasteiger partial charge >= 0.3 is 0 Å². The molecule has 2 saturated carbocycles. The molecule has 3 rings (SSSR count). The minimum absolute atomic E-state index is 0.156. The quantitative estimate of drug-likeness (QED) is 0.878. The highest BCUT2D eigenvalue weighted by Crippen LogP contribution is 2.43. The van der Waals surface area contributed by atoms with Crippen LogP contribution < -0.4 is 10.1 Å². The number of ether oxygens (including phenoxy) is 1. The SMILES string of the molecule is COc1ccc(F)cc1C1CCCC1CNC1CC1. The third-order valence-electron chi connectivity index (χ3n) is 4.50. The Kier molecular flexibility index (Phi) is 3.74. The van der Waals surface area contributed by atoms with E-state index in [9.17, 15) is 4.39 Å². The van der Waals surface area contributed by atoms with Crippen molar-refractivity contribution in [3.8, 4) is 5.75 Å². The van der Waals surface area contributed by atoms with Gasteiger partial charge in [-0.2, -0.15) is 0 Å². The fraction of sp³-hybridized carbons (Fsp3) is 0.625. The lowest BCUT2D eigenvalue weighted by atomic mass is 9.88. The van der Waals surface area contributed by atoms with E-state index in [0.29, 0.717) is 11.8 Å². The fourth-order valence-corrected chi connectivity index (χ4v) is 3.29. The van der Waals surface area contributed by atoms with Gasteiger partial charge in [-0.15, -0.1) is 0 Å². The molecule has 0 aliphatic heterocycles. The molecule has 2 aliphatic carbocycles. The van der Waals surface area contributed by atoms with Crippen molar-refractivity contribution in [2.45, 2.75) is 44.1 Å². The standard InChI is InChI=1S/C16H22FNO/c1-19-16-8-5-12(17)9-15(16)14-4-2-3-11(14)10-18-13-6-7-13/h5,8-9,11,13-14,18H,2-4,6-7,10H2,1H3. The van der Waals surface area contributed by atoms with Crippen LogP contribution in [-0.4, -0.2) is 19.7 Å². The first kappa shape index (κ1) is 12.9. The smallest absolute Gasteiger partial charge is 0.123 e. The van der Waals surface area contributed by atoms with Crippen molar-refractivity contribution in [2.24, 2.45) is 5.92 Å². The summed E-state index contributed by atoms with van der Waals surface area (Å²) in [4.78, 5) is 0. The lowest BCUT2D eigenvalue weighted by Gasteiger charge is -2.22. The number of halogens is 1. The summed E-state index contributed by atoms with van der Waals surface area (Å²) in [7, 11) is 1.67. The van der Waals surface area contributed by atoms with E-state index in [2.05, 4.69) is 5.32 Å². The summed E-state index contributed by atoms with van der Waals surface area (Å²) >= 11 is 0. The number of rotatable bonds is 5. The molecule has 0 saturated heterocycles. The van der Waals surface area contributed by atoms with Gasteiger partial charge in [0.25, 0.3) is 0 Å². The average Bonchev–Trinajstić information content (AvgIpc) is 3.13. The summed E-state index contributed by atoms with van der Waals surface area (Å²) in [6.45, 7) is 1.06. The second kappa shape index (κ2) is 5.49. The molecule has 2 fully saturated rings. The monoisotopic (exact) mass is 263 g/mol. The number of hydrogen-bond donors (Lipinski definition) is 1. The predicted octanol–water partition coefficient (Wildman–Crippen LogP) is 3.47. The molecule has 1 aromatic carbocycles. The maximum Gasteiger partial charge on any atom is 0.123 e. The van der Waals surface area contributed by atoms with Crippen molar-refractivity contribution < 1.29 is 9.13 Å². The van der Waals surface area contributed by atoms with E-state index in [0.717, 1.165) is 30.3 Å². The second-order valence-corrected chi connectivity index (χ2v) is 5.87. The van der Waals surface area contributed by atoms with Gasteiger partial charge in [-0.1, -0.05) is 6.42 Å². The van der Waals surface area contributed by atoms with Gasteiger partial charge in [-0.3, -0.25) is 0 Å². The first-order valence-corrected chi connectivity index (χ1v) is 7.34. The largest absolute Gasteiger partial charge is 0.496 e. The van der Waals surface area contributed by atoms with Crippen molar-refractivity contribution in [1.82, 2.24) is 5.32 Å². The van der Waals surface area contributed by atoms with E-state index in [1.165, 1.54) is 31.7 Å². The Labute approximate surface area is 114 Å². The molecule has 0 heterocycles. The maximum absolute atomic E-state index is 13.5. The molecule has 0 amide bonds. The van der Waals surface area contributed by atoms with Crippen molar-refractivity contribution >= 4 is 0 Å². The molecular weight excluding hydrogens is 241 g/mol. The van der Waals surface area contributed by atoms with Crippen molar-refractivity contribution in [2.75, 3.05) is 13.7 Å². The summed E-state index contributed by atoms with van der Waals surface area (Å²) in [5, 5.41) is 3.62. The van der Waals surface area contributed by atoms with Crippen LogP contribution in [0.2, 0.25) is 0 Å². The van der Waals surface area contributed by atoms with Gasteiger partial charge in [0.1, 0.15) is 11.6 Å². The molecule has 1 N–H and O–H groups in total. The summed E-state index contributed by atoms with van der Waals surface area (Å²) in [5.41, 5.74) is 1.06. The Hall–Kier alpha value is -1.09. The summed E-state index contributed by atoms with van der Waals surface area (Å²) < 4.78 is 18.9. The zero-order chi connectivity index (χ0) is 13.2. The van der Waals surface area contributed by atoms with Gasteiger partial charge in [0.2, 0.25) is 0 Å². The topological polar surface area (TPSA) is 21.3 Å². The molecule has 104 valence electrons. The van der Waals surface area contributed by atoms with E-state index in [1.807, 2.05) is 0 Å². The molecule has 2 nitrogen and oxygen atoms in total. The number of methoxy groups -OCH3 is 1.